The number of nitrogens with zero attached hydrogens (tertiary/aromatic N) is 2. The summed E-state index contributed by atoms with van der Waals surface area (Å²) in [4.78, 5) is 0. The monoisotopic (exact) mass is 291 g/mol. The maximum Gasteiger partial charge on any atom is 0.165 e. The third-order valence-electron chi connectivity index (χ3n) is 3.69. The van der Waals surface area contributed by atoms with Crippen molar-refractivity contribution in [1.82, 2.24) is 15.1 Å². The highest BCUT2D eigenvalue weighted by atomic mass is 19.1. The summed E-state index contributed by atoms with van der Waals surface area (Å²) in [7, 11) is 5.31. The van der Waals surface area contributed by atoms with Crippen molar-refractivity contribution in [3.63, 3.8) is 0 Å². The van der Waals surface area contributed by atoms with Gasteiger partial charge in [0.05, 0.1) is 24.5 Å². The van der Waals surface area contributed by atoms with Crippen molar-refractivity contribution in [2.75, 3.05) is 14.2 Å². The summed E-state index contributed by atoms with van der Waals surface area (Å²) >= 11 is 0. The molecule has 0 aliphatic carbocycles. The lowest BCUT2D eigenvalue weighted by molar-refractivity contribution is 0.386. The van der Waals surface area contributed by atoms with Gasteiger partial charge in [0.2, 0.25) is 0 Å². The van der Waals surface area contributed by atoms with E-state index in [2.05, 4.69) is 23.4 Å². The van der Waals surface area contributed by atoms with Crippen LogP contribution in [-0.4, -0.2) is 23.9 Å². The van der Waals surface area contributed by atoms with Crippen molar-refractivity contribution in [1.29, 1.82) is 0 Å². The molecule has 0 spiro atoms. The average molecular weight is 291 g/mol. The number of aryl methyl sites for hydroxylation is 2. The number of halogens is 1. The average Bonchev–Trinajstić information content (AvgIpc) is 2.86. The van der Waals surface area contributed by atoms with Crippen LogP contribution in [0.4, 0.5) is 4.39 Å². The Labute approximate surface area is 124 Å². The van der Waals surface area contributed by atoms with Gasteiger partial charge in [-0.15, -0.1) is 0 Å². The molecule has 0 aliphatic rings. The summed E-state index contributed by atoms with van der Waals surface area (Å²) in [6.45, 7) is 2.08. The number of hydrogen-bond donors (Lipinski definition) is 1. The van der Waals surface area contributed by atoms with Crippen LogP contribution >= 0.6 is 0 Å². The Kier molecular flexibility index (Phi) is 4.96. The van der Waals surface area contributed by atoms with Gasteiger partial charge in [-0.1, -0.05) is 13.0 Å². The van der Waals surface area contributed by atoms with Crippen molar-refractivity contribution in [3.8, 4) is 5.75 Å². The van der Waals surface area contributed by atoms with E-state index in [-0.39, 0.29) is 17.6 Å². The zero-order valence-electron chi connectivity index (χ0n) is 13.0. The number of hydrogen-bond acceptors (Lipinski definition) is 3. The lowest BCUT2D eigenvalue weighted by Crippen LogP contribution is -2.21. The second-order valence-electron chi connectivity index (χ2n) is 5.05. The standard InChI is InChI=1S/C16H22FN3O/c1-5-12-10-15(20(3)19-12)14(18-2)9-11-6-7-16(21-4)13(17)8-11/h6-8,10,14,18H,5,9H2,1-4H3. The number of methoxy groups -OCH3 is 1. The summed E-state index contributed by atoms with van der Waals surface area (Å²) in [6.07, 6.45) is 1.60. The summed E-state index contributed by atoms with van der Waals surface area (Å²) < 4.78 is 20.6. The maximum atomic E-state index is 13.8. The van der Waals surface area contributed by atoms with Gasteiger partial charge in [-0.3, -0.25) is 4.68 Å². The molecule has 1 atom stereocenters. The highest BCUT2D eigenvalue weighted by molar-refractivity contribution is 5.30. The molecule has 1 N–H and O–H groups in total. The van der Waals surface area contributed by atoms with Crippen molar-refractivity contribution in [3.05, 3.63) is 47.0 Å². The molecular formula is C16H22FN3O. The number of ether oxygens (including phenoxy) is 1. The molecule has 0 amide bonds. The van der Waals surface area contributed by atoms with Gasteiger partial charge in [0, 0.05) is 7.05 Å². The predicted molar refractivity (Wildman–Crippen MR) is 81.0 cm³/mol. The van der Waals surface area contributed by atoms with Gasteiger partial charge in [0.25, 0.3) is 0 Å². The van der Waals surface area contributed by atoms with Crippen LogP contribution in [0.25, 0.3) is 0 Å². The molecule has 5 heteroatoms. The van der Waals surface area contributed by atoms with Crippen LogP contribution in [0.1, 0.15) is 29.9 Å². The fourth-order valence-corrected chi connectivity index (χ4v) is 2.47. The van der Waals surface area contributed by atoms with Crippen LogP contribution in [0.2, 0.25) is 0 Å². The zero-order valence-corrected chi connectivity index (χ0v) is 13.0. The Bertz CT molecular complexity index is 610. The largest absolute Gasteiger partial charge is 0.494 e. The van der Waals surface area contributed by atoms with E-state index >= 15 is 0 Å². The quantitative estimate of drug-likeness (QED) is 0.889. The fourth-order valence-electron chi connectivity index (χ4n) is 2.47. The van der Waals surface area contributed by atoms with E-state index < -0.39 is 0 Å². The summed E-state index contributed by atoms with van der Waals surface area (Å²) in [5, 5.41) is 7.75. The van der Waals surface area contributed by atoms with E-state index in [1.54, 1.807) is 6.07 Å². The smallest absolute Gasteiger partial charge is 0.165 e. The van der Waals surface area contributed by atoms with Gasteiger partial charge < -0.3 is 10.1 Å². The lowest BCUT2D eigenvalue weighted by atomic mass is 10.0. The van der Waals surface area contributed by atoms with E-state index in [4.69, 9.17) is 4.74 Å². The molecular weight excluding hydrogens is 269 g/mol. The van der Waals surface area contributed by atoms with Gasteiger partial charge in [0.15, 0.2) is 11.6 Å². The lowest BCUT2D eigenvalue weighted by Gasteiger charge is -2.17. The molecule has 1 unspecified atom stereocenters. The van der Waals surface area contributed by atoms with Gasteiger partial charge >= 0.3 is 0 Å². The van der Waals surface area contributed by atoms with Crippen LogP contribution < -0.4 is 10.1 Å². The second-order valence-corrected chi connectivity index (χ2v) is 5.05. The van der Waals surface area contributed by atoms with Crippen LogP contribution in [0.15, 0.2) is 24.3 Å². The zero-order chi connectivity index (χ0) is 15.4. The van der Waals surface area contributed by atoms with E-state index in [0.717, 1.165) is 23.4 Å². The van der Waals surface area contributed by atoms with Gasteiger partial charge in [0.1, 0.15) is 0 Å². The fraction of sp³-hybridized carbons (Fsp3) is 0.438. The van der Waals surface area contributed by atoms with E-state index in [1.807, 2.05) is 24.8 Å². The van der Waals surface area contributed by atoms with Gasteiger partial charge in [-0.05, 0) is 43.7 Å². The highest BCUT2D eigenvalue weighted by Gasteiger charge is 2.16. The molecule has 4 nitrogen and oxygen atoms in total. The third-order valence-corrected chi connectivity index (χ3v) is 3.69. The summed E-state index contributed by atoms with van der Waals surface area (Å²) in [5.41, 5.74) is 3.09. The summed E-state index contributed by atoms with van der Waals surface area (Å²) in [6, 6.07) is 7.28. The molecule has 0 bridgehead atoms. The van der Waals surface area contributed by atoms with Crippen molar-refractivity contribution >= 4 is 0 Å². The van der Waals surface area contributed by atoms with E-state index in [1.165, 1.54) is 13.2 Å². The van der Waals surface area contributed by atoms with Crippen LogP contribution in [0.5, 0.6) is 5.75 Å². The van der Waals surface area contributed by atoms with E-state index in [0.29, 0.717) is 6.42 Å². The topological polar surface area (TPSA) is 39.1 Å². The Hall–Kier alpha value is -1.88. The first-order chi connectivity index (χ1) is 10.1. The third kappa shape index (κ3) is 3.42. The predicted octanol–water partition coefficient (Wildman–Crippen LogP) is 2.63. The second kappa shape index (κ2) is 6.72. The molecule has 1 aromatic carbocycles. The molecule has 114 valence electrons. The number of benzene rings is 1. The number of aromatic nitrogens is 2. The highest BCUT2D eigenvalue weighted by Crippen LogP contribution is 2.23. The SMILES string of the molecule is CCc1cc(C(Cc2ccc(OC)c(F)c2)NC)n(C)n1. The Morgan fingerprint density at radius 3 is 2.67 bits per heavy atom. The molecule has 1 aromatic heterocycles. The molecule has 0 radical (unpaired) electrons. The van der Waals surface area contributed by atoms with Gasteiger partial charge in [-0.2, -0.15) is 5.10 Å². The molecule has 0 saturated carbocycles. The van der Waals surface area contributed by atoms with Crippen LogP contribution in [-0.2, 0) is 19.9 Å². The van der Waals surface area contributed by atoms with Gasteiger partial charge in [-0.25, -0.2) is 4.39 Å². The molecule has 2 rings (SSSR count). The van der Waals surface area contributed by atoms with Crippen LogP contribution in [0.3, 0.4) is 0 Å². The Balaban J connectivity index is 2.22. The van der Waals surface area contributed by atoms with Crippen molar-refractivity contribution in [2.45, 2.75) is 25.8 Å². The number of nitrogens with one attached hydrogen (secondary N) is 1. The first-order valence-corrected chi connectivity index (χ1v) is 7.11. The molecule has 2 aromatic rings. The first-order valence-electron chi connectivity index (χ1n) is 7.11. The normalized spacial score (nSPS) is 12.4. The molecule has 0 saturated heterocycles. The van der Waals surface area contributed by atoms with Crippen molar-refractivity contribution < 1.29 is 9.13 Å². The Morgan fingerprint density at radius 2 is 2.14 bits per heavy atom. The minimum atomic E-state index is -0.330. The maximum absolute atomic E-state index is 13.8. The minimum absolute atomic E-state index is 0.0931. The number of rotatable bonds is 6. The molecule has 21 heavy (non-hydrogen) atoms. The Morgan fingerprint density at radius 1 is 1.38 bits per heavy atom. The molecule has 0 fully saturated rings. The first kappa shape index (κ1) is 15.5. The minimum Gasteiger partial charge on any atom is -0.494 e. The van der Waals surface area contributed by atoms with Crippen molar-refractivity contribution in [2.24, 2.45) is 7.05 Å². The molecule has 1 heterocycles. The number of likely N-dealkylation sites (N-methyl/N-ethyl adjacent to an activating group) is 1. The van der Waals surface area contributed by atoms with Crippen LogP contribution in [0, 0.1) is 5.82 Å². The summed E-state index contributed by atoms with van der Waals surface area (Å²) in [5.74, 6) is -0.0577. The molecule has 0 aliphatic heterocycles. The van der Waals surface area contributed by atoms with E-state index in [9.17, 15) is 4.39 Å².